The number of rotatable bonds is 30. The molecule has 10 amide bonds. The molecule has 26 heteroatoms. The van der Waals surface area contributed by atoms with Crippen LogP contribution in [0.3, 0.4) is 0 Å². The Balaban J connectivity index is 3.21. The third-order valence-electron chi connectivity index (χ3n) is 11.9. The molecule has 0 aliphatic carbocycles. The number of primary amides is 1. The van der Waals surface area contributed by atoms with E-state index in [1.165, 1.54) is 13.8 Å². The van der Waals surface area contributed by atoms with Gasteiger partial charge in [-0.05, 0) is 71.3 Å². The first-order valence-corrected chi connectivity index (χ1v) is 23.6. The van der Waals surface area contributed by atoms with Crippen molar-refractivity contribution in [3.05, 3.63) is 0 Å². The Bertz CT molecular complexity index is 1850. The van der Waals surface area contributed by atoms with Gasteiger partial charge in [0.05, 0.1) is 24.9 Å². The van der Waals surface area contributed by atoms with Gasteiger partial charge >= 0.3 is 5.97 Å². The maximum Gasteiger partial charge on any atom is 0.325 e. The van der Waals surface area contributed by atoms with Crippen molar-refractivity contribution in [1.82, 2.24) is 53.2 Å². The third-order valence-corrected chi connectivity index (χ3v) is 11.9. The number of aliphatic carboxylic acids is 1. The van der Waals surface area contributed by atoms with E-state index in [2.05, 4.69) is 53.2 Å². The van der Waals surface area contributed by atoms with Gasteiger partial charge in [0, 0.05) is 6.42 Å². The minimum atomic E-state index is -1.89. The van der Waals surface area contributed by atoms with Crippen LogP contribution in [0.5, 0.6) is 0 Å². The van der Waals surface area contributed by atoms with E-state index in [1.54, 1.807) is 34.6 Å². The average molecular weight is 1000 g/mol. The Morgan fingerprint density at radius 1 is 0.543 bits per heavy atom. The van der Waals surface area contributed by atoms with Crippen LogP contribution in [0.15, 0.2) is 0 Å². The highest BCUT2D eigenvalue weighted by Crippen LogP contribution is 2.14. The second kappa shape index (κ2) is 29.9. The minimum absolute atomic E-state index is 0.342. The summed E-state index contributed by atoms with van der Waals surface area (Å²) in [5.41, 5.74) is 5.30. The van der Waals surface area contributed by atoms with Gasteiger partial charge in [-0.3, -0.25) is 52.7 Å². The summed E-state index contributed by atoms with van der Waals surface area (Å²) in [6, 6.07) is -13.9. The zero-order chi connectivity index (χ0) is 53.7. The van der Waals surface area contributed by atoms with Gasteiger partial charge in [0.1, 0.15) is 54.4 Å². The molecule has 14 atom stereocenters. The molecular weight excluding hydrogens is 923 g/mol. The van der Waals surface area contributed by atoms with Crippen LogP contribution in [0.2, 0.25) is 0 Å². The molecule has 16 N–H and O–H groups in total. The van der Waals surface area contributed by atoms with Gasteiger partial charge in [-0.25, -0.2) is 0 Å². The van der Waals surface area contributed by atoms with Crippen LogP contribution in [0.25, 0.3) is 0 Å². The van der Waals surface area contributed by atoms with E-state index < -0.39 is 163 Å². The lowest BCUT2D eigenvalue weighted by Crippen LogP contribution is -2.63. The number of carboxylic acid groups (broad SMARTS) is 1. The molecule has 1 rings (SSSR count). The topological polar surface area (TPSA) is 415 Å². The van der Waals surface area contributed by atoms with Gasteiger partial charge in [-0.1, -0.05) is 54.4 Å². The quantitative estimate of drug-likeness (QED) is 0.0320. The average Bonchev–Trinajstić information content (AvgIpc) is 3.84. The summed E-state index contributed by atoms with van der Waals surface area (Å²) in [7, 11) is 0. The van der Waals surface area contributed by atoms with Crippen molar-refractivity contribution in [3.8, 4) is 0 Å². The Morgan fingerprint density at radius 2 is 0.957 bits per heavy atom. The van der Waals surface area contributed by atoms with Crippen LogP contribution < -0.4 is 58.9 Å². The first-order valence-electron chi connectivity index (χ1n) is 23.6. The van der Waals surface area contributed by atoms with Crippen molar-refractivity contribution >= 4 is 65.0 Å². The van der Waals surface area contributed by atoms with E-state index in [1.807, 2.05) is 6.92 Å². The first-order chi connectivity index (χ1) is 32.6. The summed E-state index contributed by atoms with van der Waals surface area (Å²) >= 11 is 0. The van der Waals surface area contributed by atoms with E-state index in [4.69, 9.17) is 5.73 Å². The summed E-state index contributed by atoms with van der Waals surface area (Å²) < 4.78 is 0. The molecule has 0 aromatic heterocycles. The fourth-order valence-electron chi connectivity index (χ4n) is 6.95. The van der Waals surface area contributed by atoms with E-state index in [0.29, 0.717) is 25.8 Å². The second-order valence-corrected chi connectivity index (χ2v) is 18.2. The number of carboxylic acids is 1. The zero-order valence-electron chi connectivity index (χ0n) is 41.7. The molecular formula is C44H77N11O15. The SMILES string of the molecule is CC[C@H](C)[C@H](NC(=O)[C@H](C)NC(=O)[C@@H](NC(=O)[C@H](CCC(N)=O)NC(=O)[C@@H](NC(=O)[C@H](CO)NC(=O)[C@@H](NC(=O)[C@@H](NC(=O)[C@@H]1CCCN1)[C@@H](C)CC)C(C)C)[C@@H](C)O)[C@@H](C)O)C(=O)N[C@@H](C)C(=O)O. The number of aliphatic hydroxyl groups is 3. The predicted octanol–water partition coefficient (Wildman–Crippen LogP) is -5.01. The van der Waals surface area contributed by atoms with Crippen LogP contribution in [0, 0.1) is 17.8 Å². The molecule has 1 heterocycles. The maximum atomic E-state index is 13.7. The highest BCUT2D eigenvalue weighted by molar-refractivity contribution is 5.99. The summed E-state index contributed by atoms with van der Waals surface area (Å²) in [5, 5.41) is 65.1. The predicted molar refractivity (Wildman–Crippen MR) is 250 cm³/mol. The smallest absolute Gasteiger partial charge is 0.325 e. The van der Waals surface area contributed by atoms with Gasteiger partial charge in [0.2, 0.25) is 59.1 Å². The molecule has 1 aliphatic rings. The van der Waals surface area contributed by atoms with E-state index in [0.717, 1.165) is 20.3 Å². The highest BCUT2D eigenvalue weighted by Gasteiger charge is 2.38. The molecule has 398 valence electrons. The fourth-order valence-corrected chi connectivity index (χ4v) is 6.95. The number of amides is 10. The first kappa shape index (κ1) is 62.0. The van der Waals surface area contributed by atoms with Crippen molar-refractivity contribution in [2.75, 3.05) is 13.2 Å². The van der Waals surface area contributed by atoms with E-state index >= 15 is 0 Å². The molecule has 1 fully saturated rings. The summed E-state index contributed by atoms with van der Waals surface area (Å²) in [6.45, 7) is 14.4. The molecule has 0 saturated carbocycles. The summed E-state index contributed by atoms with van der Waals surface area (Å²) in [5.74, 6) is -12.0. The second-order valence-electron chi connectivity index (χ2n) is 18.2. The number of hydrogen-bond donors (Lipinski definition) is 15. The molecule has 1 saturated heterocycles. The zero-order valence-corrected chi connectivity index (χ0v) is 41.7. The largest absolute Gasteiger partial charge is 0.480 e. The van der Waals surface area contributed by atoms with Crippen molar-refractivity contribution in [1.29, 1.82) is 0 Å². The molecule has 0 aromatic rings. The number of carbonyl (C=O) groups excluding carboxylic acids is 10. The third kappa shape index (κ3) is 19.8. The van der Waals surface area contributed by atoms with Crippen molar-refractivity contribution in [2.24, 2.45) is 23.5 Å². The molecule has 0 bridgehead atoms. The molecule has 1 aliphatic heterocycles. The van der Waals surface area contributed by atoms with Crippen molar-refractivity contribution < 1.29 is 73.2 Å². The van der Waals surface area contributed by atoms with Gasteiger partial charge in [0.25, 0.3) is 0 Å². The molecule has 0 unspecified atom stereocenters. The fraction of sp³-hybridized carbons (Fsp3) is 0.750. The lowest BCUT2D eigenvalue weighted by molar-refractivity contribution is -0.142. The Morgan fingerprint density at radius 3 is 1.40 bits per heavy atom. The number of nitrogens with two attached hydrogens (primary N) is 1. The molecule has 26 nitrogen and oxygen atoms in total. The Hall–Kier alpha value is -5.99. The highest BCUT2D eigenvalue weighted by atomic mass is 16.4. The maximum absolute atomic E-state index is 13.7. The number of hydrogen-bond acceptors (Lipinski definition) is 15. The van der Waals surface area contributed by atoms with E-state index in [-0.39, 0.29) is 11.8 Å². The molecule has 0 radical (unpaired) electrons. The van der Waals surface area contributed by atoms with Gasteiger partial charge in [-0.15, -0.1) is 0 Å². The van der Waals surface area contributed by atoms with Gasteiger partial charge in [0.15, 0.2) is 0 Å². The van der Waals surface area contributed by atoms with Crippen LogP contribution >= 0.6 is 0 Å². The standard InChI is InChI=1S/C44H77N11O15/c1-11-20(5)31(40(65)48-23(8)44(69)70)52-35(60)22(7)47-42(67)33(24(9)57)54-37(62)27(15-16-29(45)59)49-43(68)34(25(10)58)55-38(63)28(18-56)50-39(64)30(19(3)4)51-41(66)32(21(6)12-2)53-36(61)26-14-13-17-46-26/h19-28,30-34,46,56-58H,11-18H2,1-10H3,(H2,45,59)(H,47,67)(H,48,65)(H,49,68)(H,50,64)(H,51,66)(H,52,60)(H,53,61)(H,54,62)(H,55,63)(H,69,70)/t20-,21-,22-,23-,24+,25+,26-,27-,28-,30-,31-,32-,33-,34-/m0/s1. The van der Waals surface area contributed by atoms with Crippen molar-refractivity contribution in [3.63, 3.8) is 0 Å². The summed E-state index contributed by atoms with van der Waals surface area (Å²) in [6.07, 6.45) is -2.11. The molecule has 0 aromatic carbocycles. The van der Waals surface area contributed by atoms with Gasteiger partial charge in [-0.2, -0.15) is 0 Å². The van der Waals surface area contributed by atoms with Gasteiger partial charge < -0.3 is 79.3 Å². The number of nitrogens with one attached hydrogen (secondary N) is 10. The number of aliphatic hydroxyl groups excluding tert-OH is 3. The molecule has 0 spiro atoms. The Kier molecular flexibility index (Phi) is 26.5. The van der Waals surface area contributed by atoms with Crippen LogP contribution in [0.4, 0.5) is 0 Å². The minimum Gasteiger partial charge on any atom is -0.480 e. The number of carbonyl (C=O) groups is 11. The van der Waals surface area contributed by atoms with Crippen LogP contribution in [-0.4, -0.2) is 171 Å². The normalized spacial score (nSPS) is 19.0. The van der Waals surface area contributed by atoms with Crippen molar-refractivity contribution in [2.45, 2.75) is 180 Å². The van der Waals surface area contributed by atoms with Crippen LogP contribution in [-0.2, 0) is 52.7 Å². The summed E-state index contributed by atoms with van der Waals surface area (Å²) in [4.78, 5) is 143. The lowest BCUT2D eigenvalue weighted by atomic mass is 9.96. The molecule has 70 heavy (non-hydrogen) atoms. The monoisotopic (exact) mass is 1000 g/mol. The van der Waals surface area contributed by atoms with E-state index in [9.17, 15) is 73.2 Å². The Labute approximate surface area is 407 Å². The lowest BCUT2D eigenvalue weighted by Gasteiger charge is -2.30. The van der Waals surface area contributed by atoms with Crippen LogP contribution in [0.1, 0.15) is 108 Å².